The third-order valence-electron chi connectivity index (χ3n) is 4.32. The van der Waals surface area contributed by atoms with Crippen molar-refractivity contribution in [3.63, 3.8) is 0 Å². The van der Waals surface area contributed by atoms with Gasteiger partial charge in [-0.2, -0.15) is 0 Å². The minimum Gasteiger partial charge on any atom is -0.399 e. The van der Waals surface area contributed by atoms with Gasteiger partial charge in [0.1, 0.15) is 0 Å². The summed E-state index contributed by atoms with van der Waals surface area (Å²) in [5.41, 5.74) is 14.8. The maximum absolute atomic E-state index is 6.03. The Labute approximate surface area is 115 Å². The normalized spacial score (nSPS) is 20.8. The summed E-state index contributed by atoms with van der Waals surface area (Å²) in [5.74, 6) is 0. The predicted octanol–water partition coefficient (Wildman–Crippen LogP) is 1.34. The SMILES string of the molecule is Cc1c(N)cc(B2OC(C)(C)C(C)(C)O2)cc1CN. The number of nitrogens with two attached hydrogens (primary N) is 2. The van der Waals surface area contributed by atoms with Crippen LogP contribution in [0, 0.1) is 6.92 Å². The van der Waals surface area contributed by atoms with Gasteiger partial charge in [0.05, 0.1) is 11.2 Å². The van der Waals surface area contributed by atoms with Crippen LogP contribution < -0.4 is 16.9 Å². The molecule has 0 aromatic heterocycles. The van der Waals surface area contributed by atoms with Gasteiger partial charge in [0.15, 0.2) is 0 Å². The van der Waals surface area contributed by atoms with Crippen molar-refractivity contribution in [2.45, 2.75) is 52.4 Å². The Balaban J connectivity index is 2.37. The second-order valence-corrected chi connectivity index (χ2v) is 6.19. The van der Waals surface area contributed by atoms with E-state index in [4.69, 9.17) is 20.8 Å². The average molecular weight is 262 g/mol. The molecule has 0 aliphatic carbocycles. The van der Waals surface area contributed by atoms with E-state index in [2.05, 4.69) is 0 Å². The van der Waals surface area contributed by atoms with Crippen LogP contribution in [0.15, 0.2) is 12.1 Å². The molecule has 0 radical (unpaired) electrons. The molecule has 0 bridgehead atoms. The van der Waals surface area contributed by atoms with Crippen molar-refractivity contribution in [3.8, 4) is 0 Å². The lowest BCUT2D eigenvalue weighted by Gasteiger charge is -2.32. The zero-order valence-corrected chi connectivity index (χ0v) is 12.4. The first kappa shape index (κ1) is 14.4. The number of hydrogen-bond donors (Lipinski definition) is 2. The van der Waals surface area contributed by atoms with Gasteiger partial charge in [0.25, 0.3) is 0 Å². The van der Waals surface area contributed by atoms with Gasteiger partial charge in [-0.05, 0) is 57.3 Å². The Hall–Kier alpha value is -1.04. The molecule has 2 rings (SSSR count). The van der Waals surface area contributed by atoms with E-state index in [0.717, 1.165) is 22.3 Å². The van der Waals surface area contributed by atoms with Crippen molar-refractivity contribution in [1.82, 2.24) is 0 Å². The van der Waals surface area contributed by atoms with E-state index in [0.29, 0.717) is 6.54 Å². The molecule has 1 aromatic rings. The molecule has 1 aliphatic rings. The van der Waals surface area contributed by atoms with Gasteiger partial charge >= 0.3 is 7.12 Å². The van der Waals surface area contributed by atoms with Gasteiger partial charge < -0.3 is 20.8 Å². The van der Waals surface area contributed by atoms with E-state index in [9.17, 15) is 0 Å². The minimum absolute atomic E-state index is 0.347. The summed E-state index contributed by atoms with van der Waals surface area (Å²) in [6.45, 7) is 10.6. The fraction of sp³-hybridized carbons (Fsp3) is 0.571. The molecule has 1 heterocycles. The molecule has 0 spiro atoms. The summed E-state index contributed by atoms with van der Waals surface area (Å²) < 4.78 is 12.1. The van der Waals surface area contributed by atoms with Crippen molar-refractivity contribution in [2.24, 2.45) is 5.73 Å². The molecule has 5 heteroatoms. The Kier molecular flexibility index (Phi) is 3.41. The second-order valence-electron chi connectivity index (χ2n) is 6.19. The summed E-state index contributed by atoms with van der Waals surface area (Å²) in [6.07, 6.45) is 0. The molecule has 0 unspecified atom stereocenters. The highest BCUT2D eigenvalue weighted by Gasteiger charge is 2.51. The van der Waals surface area contributed by atoms with Crippen molar-refractivity contribution in [3.05, 3.63) is 23.3 Å². The van der Waals surface area contributed by atoms with Crippen molar-refractivity contribution < 1.29 is 9.31 Å². The van der Waals surface area contributed by atoms with Crippen LogP contribution >= 0.6 is 0 Å². The fourth-order valence-electron chi connectivity index (χ4n) is 2.15. The van der Waals surface area contributed by atoms with Crippen molar-refractivity contribution in [2.75, 3.05) is 5.73 Å². The molecule has 0 saturated carbocycles. The number of benzene rings is 1. The van der Waals surface area contributed by atoms with Crippen molar-refractivity contribution >= 4 is 18.3 Å². The first-order valence-corrected chi connectivity index (χ1v) is 6.62. The standard InChI is InChI=1S/C14H23BN2O2/c1-9-10(8-16)6-11(7-12(9)17)15-18-13(2,3)14(4,5)19-15/h6-7H,8,16-17H2,1-5H3. The number of nitrogen functional groups attached to an aromatic ring is 1. The molecule has 19 heavy (non-hydrogen) atoms. The third-order valence-corrected chi connectivity index (χ3v) is 4.32. The van der Waals surface area contributed by atoms with Gasteiger partial charge in [-0.3, -0.25) is 0 Å². The Morgan fingerprint density at radius 3 is 2.11 bits per heavy atom. The maximum Gasteiger partial charge on any atom is 0.494 e. The highest BCUT2D eigenvalue weighted by molar-refractivity contribution is 6.62. The molecule has 1 aliphatic heterocycles. The highest BCUT2D eigenvalue weighted by Crippen LogP contribution is 2.36. The molecule has 1 fully saturated rings. The molecule has 104 valence electrons. The fourth-order valence-corrected chi connectivity index (χ4v) is 2.15. The van der Waals surface area contributed by atoms with Gasteiger partial charge in [-0.15, -0.1) is 0 Å². The van der Waals surface area contributed by atoms with Crippen LogP contribution in [0.25, 0.3) is 0 Å². The monoisotopic (exact) mass is 262 g/mol. The summed E-state index contributed by atoms with van der Waals surface area (Å²) in [4.78, 5) is 0. The predicted molar refractivity (Wildman–Crippen MR) is 79.2 cm³/mol. The van der Waals surface area contributed by atoms with E-state index in [1.54, 1.807) is 0 Å². The molecule has 4 nitrogen and oxygen atoms in total. The van der Waals surface area contributed by atoms with E-state index in [1.165, 1.54) is 0 Å². The first-order chi connectivity index (χ1) is 8.68. The first-order valence-electron chi connectivity index (χ1n) is 6.62. The average Bonchev–Trinajstić information content (AvgIpc) is 2.52. The quantitative estimate of drug-likeness (QED) is 0.623. The van der Waals surface area contributed by atoms with Crippen LogP contribution in [0.3, 0.4) is 0 Å². The topological polar surface area (TPSA) is 70.5 Å². The summed E-state index contributed by atoms with van der Waals surface area (Å²) in [5, 5.41) is 0. The van der Waals surface area contributed by atoms with Gasteiger partial charge in [-0.25, -0.2) is 0 Å². The minimum atomic E-state index is -0.391. The van der Waals surface area contributed by atoms with E-state index in [-0.39, 0.29) is 11.2 Å². The lowest BCUT2D eigenvalue weighted by Crippen LogP contribution is -2.41. The molecular formula is C14H23BN2O2. The molecule has 1 aromatic carbocycles. The Morgan fingerprint density at radius 1 is 1.11 bits per heavy atom. The molecule has 1 saturated heterocycles. The number of rotatable bonds is 2. The zero-order chi connectivity index (χ0) is 14.4. The van der Waals surface area contributed by atoms with Gasteiger partial charge in [0, 0.05) is 12.2 Å². The lowest BCUT2D eigenvalue weighted by atomic mass is 9.77. The van der Waals surface area contributed by atoms with Gasteiger partial charge in [-0.1, -0.05) is 6.07 Å². The lowest BCUT2D eigenvalue weighted by molar-refractivity contribution is 0.00578. The Morgan fingerprint density at radius 2 is 1.63 bits per heavy atom. The van der Waals surface area contributed by atoms with Crippen LogP contribution in [-0.2, 0) is 15.9 Å². The molecule has 4 N–H and O–H groups in total. The second kappa shape index (κ2) is 4.51. The van der Waals surface area contributed by atoms with Crippen molar-refractivity contribution in [1.29, 1.82) is 0 Å². The van der Waals surface area contributed by atoms with Crippen LogP contribution in [-0.4, -0.2) is 18.3 Å². The van der Waals surface area contributed by atoms with Gasteiger partial charge in [0.2, 0.25) is 0 Å². The zero-order valence-electron chi connectivity index (χ0n) is 12.4. The largest absolute Gasteiger partial charge is 0.494 e. The summed E-state index contributed by atoms with van der Waals surface area (Å²) >= 11 is 0. The van der Waals surface area contributed by atoms with Crippen LogP contribution in [0.1, 0.15) is 38.8 Å². The highest BCUT2D eigenvalue weighted by atomic mass is 16.7. The van der Waals surface area contributed by atoms with Crippen LogP contribution in [0.2, 0.25) is 0 Å². The molecular weight excluding hydrogens is 239 g/mol. The smallest absolute Gasteiger partial charge is 0.399 e. The Bertz CT molecular complexity index is 484. The number of anilines is 1. The van der Waals surface area contributed by atoms with Crippen LogP contribution in [0.4, 0.5) is 5.69 Å². The third kappa shape index (κ3) is 2.38. The summed E-state index contributed by atoms with van der Waals surface area (Å²) in [6, 6.07) is 3.93. The van der Waals surface area contributed by atoms with E-state index < -0.39 is 7.12 Å². The molecule has 0 amide bonds. The molecule has 0 atom stereocenters. The van der Waals surface area contributed by atoms with Crippen LogP contribution in [0.5, 0.6) is 0 Å². The number of hydrogen-bond acceptors (Lipinski definition) is 4. The van der Waals surface area contributed by atoms with E-state index >= 15 is 0 Å². The maximum atomic E-state index is 6.03. The van der Waals surface area contributed by atoms with E-state index in [1.807, 2.05) is 46.8 Å². The summed E-state index contributed by atoms with van der Waals surface area (Å²) in [7, 11) is -0.391.